The van der Waals surface area contributed by atoms with Gasteiger partial charge in [-0.05, 0) is 35.7 Å². The monoisotopic (exact) mass is 392 g/mol. The summed E-state index contributed by atoms with van der Waals surface area (Å²) >= 11 is 0. The zero-order valence-electron chi connectivity index (χ0n) is 15.6. The topological polar surface area (TPSA) is 134 Å². The summed E-state index contributed by atoms with van der Waals surface area (Å²) in [5, 5.41) is 27.1. The second-order valence-corrected chi connectivity index (χ2v) is 6.12. The minimum absolute atomic E-state index is 0.0411. The first kappa shape index (κ1) is 21.4. The summed E-state index contributed by atoms with van der Waals surface area (Å²) in [5.74, 6) is -0.0411. The molecule has 11 nitrogen and oxygen atoms in total. The van der Waals surface area contributed by atoms with Crippen LogP contribution in [0.3, 0.4) is 0 Å². The van der Waals surface area contributed by atoms with E-state index >= 15 is 0 Å². The minimum Gasteiger partial charge on any atom is -0.483 e. The average molecular weight is 392 g/mol. The van der Waals surface area contributed by atoms with E-state index in [1.165, 1.54) is 11.0 Å². The number of aromatic nitrogens is 4. The average Bonchev–Trinajstić information content (AvgIpc) is 3.24. The van der Waals surface area contributed by atoms with Gasteiger partial charge < -0.3 is 24.7 Å². The highest BCUT2D eigenvalue weighted by Crippen LogP contribution is 2.16. The van der Waals surface area contributed by atoms with Gasteiger partial charge in [0.25, 0.3) is 12.4 Å². The lowest BCUT2D eigenvalue weighted by atomic mass is 10.1. The second-order valence-electron chi connectivity index (χ2n) is 6.12. The van der Waals surface area contributed by atoms with Crippen molar-refractivity contribution >= 4 is 12.4 Å². The van der Waals surface area contributed by atoms with Gasteiger partial charge in [-0.3, -0.25) is 9.59 Å². The first-order valence-corrected chi connectivity index (χ1v) is 8.70. The molecule has 0 bridgehead atoms. The van der Waals surface area contributed by atoms with E-state index in [0.717, 1.165) is 5.69 Å². The van der Waals surface area contributed by atoms with Crippen molar-refractivity contribution in [1.82, 2.24) is 30.0 Å². The molecule has 0 spiro atoms. The summed E-state index contributed by atoms with van der Waals surface area (Å²) in [6.45, 7) is 2.62. The summed E-state index contributed by atoms with van der Waals surface area (Å²) < 4.78 is 7.06. The van der Waals surface area contributed by atoms with Crippen LogP contribution >= 0.6 is 0 Å². The van der Waals surface area contributed by atoms with Crippen molar-refractivity contribution in [1.29, 1.82) is 0 Å². The van der Waals surface area contributed by atoms with E-state index in [9.17, 15) is 4.79 Å². The fourth-order valence-electron chi connectivity index (χ4n) is 2.92. The third-order valence-corrected chi connectivity index (χ3v) is 4.20. The van der Waals surface area contributed by atoms with Crippen molar-refractivity contribution in [2.75, 3.05) is 46.5 Å². The molecule has 152 valence electrons. The molecule has 0 saturated carbocycles. The number of nitrogens with zero attached hydrogens (tertiary/aromatic N) is 6. The molecule has 1 aliphatic heterocycles. The lowest BCUT2D eigenvalue weighted by molar-refractivity contribution is -0.122. The summed E-state index contributed by atoms with van der Waals surface area (Å²) in [6.07, 6.45) is 1.49. The number of rotatable bonds is 6. The second kappa shape index (κ2) is 11.1. The van der Waals surface area contributed by atoms with Crippen molar-refractivity contribution < 1.29 is 24.5 Å². The molecule has 28 heavy (non-hydrogen) atoms. The molecule has 0 radical (unpaired) electrons. The van der Waals surface area contributed by atoms with Crippen molar-refractivity contribution in [3.05, 3.63) is 36.2 Å². The molecule has 1 aliphatic rings. The van der Waals surface area contributed by atoms with Crippen molar-refractivity contribution in [3.63, 3.8) is 0 Å². The Morgan fingerprint density at radius 1 is 1.46 bits per heavy atom. The SMILES string of the molecule is CN(CCO)CC1COCCN1C(=O)c1cccc(-n2cnnn2)c1.O=CO. The standard InChI is InChI=1S/C16H22N6O3.CH2O2/c1-20(5-7-23)10-15-11-25-8-6-21(15)16(24)13-3-2-4-14(9-13)22-12-17-18-19-22;2-1-3/h2-4,9,12,15,23H,5-8,10-11H2,1H3;1H,(H,2,3). The number of carbonyl (C=O) groups excluding carboxylic acids is 1. The fraction of sp³-hybridized carbons (Fsp3) is 0.471. The van der Waals surface area contributed by atoms with Gasteiger partial charge in [0.1, 0.15) is 6.33 Å². The molecule has 1 aromatic carbocycles. The Kier molecular flexibility index (Phi) is 8.46. The third kappa shape index (κ3) is 5.81. The van der Waals surface area contributed by atoms with Gasteiger partial charge in [-0.15, -0.1) is 5.10 Å². The van der Waals surface area contributed by atoms with E-state index in [2.05, 4.69) is 15.5 Å². The van der Waals surface area contributed by atoms with Crippen molar-refractivity contribution in [3.8, 4) is 5.69 Å². The van der Waals surface area contributed by atoms with Gasteiger partial charge in [0.05, 0.1) is 31.5 Å². The maximum Gasteiger partial charge on any atom is 0.290 e. The van der Waals surface area contributed by atoms with E-state index in [1.807, 2.05) is 29.0 Å². The van der Waals surface area contributed by atoms with E-state index in [1.54, 1.807) is 12.1 Å². The number of carboxylic acid groups (broad SMARTS) is 1. The molecule has 3 rings (SSSR count). The fourth-order valence-corrected chi connectivity index (χ4v) is 2.92. The van der Waals surface area contributed by atoms with E-state index in [0.29, 0.717) is 38.4 Å². The Hall–Kier alpha value is -2.89. The van der Waals surface area contributed by atoms with Crippen molar-refractivity contribution in [2.45, 2.75) is 6.04 Å². The molecule has 1 fully saturated rings. The van der Waals surface area contributed by atoms with Crippen LogP contribution in [0.15, 0.2) is 30.6 Å². The number of likely N-dealkylation sites (N-methyl/N-ethyl adjacent to an activating group) is 1. The van der Waals surface area contributed by atoms with Crippen LogP contribution in [0.2, 0.25) is 0 Å². The zero-order valence-corrected chi connectivity index (χ0v) is 15.6. The normalized spacial score (nSPS) is 16.4. The molecule has 1 amide bonds. The number of ether oxygens (including phenoxy) is 1. The minimum atomic E-state index is -0.250. The molecule has 0 aliphatic carbocycles. The predicted molar refractivity (Wildman–Crippen MR) is 98.1 cm³/mol. The molecule has 1 saturated heterocycles. The van der Waals surface area contributed by atoms with Gasteiger partial charge in [-0.2, -0.15) is 0 Å². The number of aliphatic hydroxyl groups excluding tert-OH is 1. The lowest BCUT2D eigenvalue weighted by Crippen LogP contribution is -2.53. The Morgan fingerprint density at radius 2 is 2.25 bits per heavy atom. The van der Waals surface area contributed by atoms with Gasteiger partial charge in [0.15, 0.2) is 0 Å². The first-order valence-electron chi connectivity index (χ1n) is 8.70. The Balaban J connectivity index is 0.000000878. The number of aliphatic hydroxyl groups is 1. The summed E-state index contributed by atoms with van der Waals surface area (Å²) in [6, 6.07) is 7.19. The maximum absolute atomic E-state index is 13.0. The molecular weight excluding hydrogens is 368 g/mol. The van der Waals surface area contributed by atoms with E-state index < -0.39 is 0 Å². The first-order chi connectivity index (χ1) is 13.6. The molecule has 1 aromatic heterocycles. The number of morpholine rings is 1. The largest absolute Gasteiger partial charge is 0.483 e. The maximum atomic E-state index is 13.0. The van der Waals surface area contributed by atoms with Crippen molar-refractivity contribution in [2.24, 2.45) is 0 Å². The van der Waals surface area contributed by atoms with Crippen LogP contribution in [0.25, 0.3) is 5.69 Å². The Morgan fingerprint density at radius 3 is 2.93 bits per heavy atom. The Bertz CT molecular complexity index is 741. The van der Waals surface area contributed by atoms with Gasteiger partial charge >= 0.3 is 0 Å². The summed E-state index contributed by atoms with van der Waals surface area (Å²) in [5.41, 5.74) is 1.32. The number of benzene rings is 1. The van der Waals surface area contributed by atoms with Gasteiger partial charge in [0, 0.05) is 25.2 Å². The van der Waals surface area contributed by atoms with E-state index in [4.69, 9.17) is 19.7 Å². The quantitative estimate of drug-likeness (QED) is 0.602. The van der Waals surface area contributed by atoms with Crippen LogP contribution in [0, 0.1) is 0 Å². The predicted octanol–water partition coefficient (Wildman–Crippen LogP) is -0.872. The van der Waals surface area contributed by atoms with Crippen LogP contribution in [-0.2, 0) is 9.53 Å². The molecule has 2 aromatic rings. The molecular formula is C17H24N6O5. The third-order valence-electron chi connectivity index (χ3n) is 4.20. The number of hydrogen-bond acceptors (Lipinski definition) is 8. The molecule has 2 heterocycles. The molecule has 1 unspecified atom stereocenters. The van der Waals surface area contributed by atoms with Crippen LogP contribution in [0.5, 0.6) is 0 Å². The van der Waals surface area contributed by atoms with Crippen LogP contribution in [0.1, 0.15) is 10.4 Å². The smallest absolute Gasteiger partial charge is 0.290 e. The molecule has 1 atom stereocenters. The number of carbonyl (C=O) groups is 2. The Labute approximate surface area is 162 Å². The van der Waals surface area contributed by atoms with Gasteiger partial charge in [-0.25, -0.2) is 4.68 Å². The number of tetrazole rings is 1. The van der Waals surface area contributed by atoms with Gasteiger partial charge in [0.2, 0.25) is 0 Å². The lowest BCUT2D eigenvalue weighted by Gasteiger charge is -2.37. The zero-order chi connectivity index (χ0) is 20.4. The van der Waals surface area contributed by atoms with Crippen LogP contribution in [0.4, 0.5) is 0 Å². The molecule has 2 N–H and O–H groups in total. The van der Waals surface area contributed by atoms with Crippen LogP contribution < -0.4 is 0 Å². The van der Waals surface area contributed by atoms with Crippen LogP contribution in [-0.4, -0.2) is 105 Å². The summed E-state index contributed by atoms with van der Waals surface area (Å²) in [7, 11) is 1.92. The molecule has 11 heteroatoms. The highest BCUT2D eigenvalue weighted by atomic mass is 16.5. The highest BCUT2D eigenvalue weighted by Gasteiger charge is 2.29. The highest BCUT2D eigenvalue weighted by molar-refractivity contribution is 5.95. The summed E-state index contributed by atoms with van der Waals surface area (Å²) in [4.78, 5) is 25.2. The van der Waals surface area contributed by atoms with E-state index in [-0.39, 0.29) is 25.0 Å². The number of hydrogen-bond donors (Lipinski definition) is 2. The van der Waals surface area contributed by atoms with Gasteiger partial charge in [-0.1, -0.05) is 6.07 Å². The number of amides is 1.